The summed E-state index contributed by atoms with van der Waals surface area (Å²) >= 11 is 0. The highest BCUT2D eigenvalue weighted by molar-refractivity contribution is 5.76. The lowest BCUT2D eigenvalue weighted by Crippen LogP contribution is -2.32. The van der Waals surface area contributed by atoms with Gasteiger partial charge in [-0.3, -0.25) is 4.79 Å². The predicted octanol–water partition coefficient (Wildman–Crippen LogP) is 3.08. The Morgan fingerprint density at radius 2 is 2.00 bits per heavy atom. The molecule has 0 aliphatic heterocycles. The smallest absolute Gasteiger partial charge is 0.223 e. The highest BCUT2D eigenvalue weighted by Crippen LogP contribution is 2.29. The van der Waals surface area contributed by atoms with Crippen LogP contribution in [0.25, 0.3) is 0 Å². The van der Waals surface area contributed by atoms with Crippen LogP contribution in [0.2, 0.25) is 0 Å². The molecule has 2 N–H and O–H groups in total. The summed E-state index contributed by atoms with van der Waals surface area (Å²) in [5, 5.41) is 0. The SMILES string of the molecule is CC(CCN)CCC(=O)N(Cc1ccc(F)cc1)C1CC1. The van der Waals surface area contributed by atoms with Crippen LogP contribution in [0.1, 0.15) is 44.6 Å². The number of rotatable bonds is 8. The van der Waals surface area contributed by atoms with E-state index in [4.69, 9.17) is 5.73 Å². The zero-order valence-corrected chi connectivity index (χ0v) is 12.7. The van der Waals surface area contributed by atoms with Crippen molar-refractivity contribution < 1.29 is 9.18 Å². The van der Waals surface area contributed by atoms with Crippen molar-refractivity contribution >= 4 is 5.91 Å². The van der Waals surface area contributed by atoms with Crippen molar-refractivity contribution in [1.82, 2.24) is 4.90 Å². The predicted molar refractivity (Wildman–Crippen MR) is 82.0 cm³/mol. The standard InChI is InChI=1S/C17H25FN2O/c1-13(10-11-19)2-9-17(21)20(16-7-8-16)12-14-3-5-15(18)6-4-14/h3-6,13,16H,2,7-12,19H2,1H3. The van der Waals surface area contributed by atoms with Gasteiger partial charge in [-0.15, -0.1) is 0 Å². The highest BCUT2D eigenvalue weighted by Gasteiger charge is 2.32. The van der Waals surface area contributed by atoms with Gasteiger partial charge in [-0.25, -0.2) is 4.39 Å². The van der Waals surface area contributed by atoms with Crippen molar-refractivity contribution in [2.24, 2.45) is 11.7 Å². The van der Waals surface area contributed by atoms with E-state index in [1.165, 1.54) is 12.1 Å². The van der Waals surface area contributed by atoms with Crippen LogP contribution < -0.4 is 5.73 Å². The van der Waals surface area contributed by atoms with Gasteiger partial charge in [-0.05, 0) is 55.8 Å². The van der Waals surface area contributed by atoms with Crippen molar-refractivity contribution in [2.45, 2.75) is 51.6 Å². The number of hydrogen-bond acceptors (Lipinski definition) is 2. The zero-order chi connectivity index (χ0) is 15.2. The molecule has 21 heavy (non-hydrogen) atoms. The summed E-state index contributed by atoms with van der Waals surface area (Å²) < 4.78 is 12.9. The first-order valence-corrected chi connectivity index (χ1v) is 7.84. The number of hydrogen-bond donors (Lipinski definition) is 1. The van der Waals surface area contributed by atoms with E-state index in [1.54, 1.807) is 12.1 Å². The van der Waals surface area contributed by atoms with Gasteiger partial charge < -0.3 is 10.6 Å². The van der Waals surface area contributed by atoms with Gasteiger partial charge in [0.1, 0.15) is 5.82 Å². The second kappa shape index (κ2) is 7.55. The number of nitrogens with two attached hydrogens (primary N) is 1. The summed E-state index contributed by atoms with van der Waals surface area (Å²) in [4.78, 5) is 14.4. The van der Waals surface area contributed by atoms with Crippen LogP contribution in [0.3, 0.4) is 0 Å². The second-order valence-electron chi connectivity index (χ2n) is 6.10. The van der Waals surface area contributed by atoms with Crippen molar-refractivity contribution in [1.29, 1.82) is 0 Å². The minimum absolute atomic E-state index is 0.214. The lowest BCUT2D eigenvalue weighted by Gasteiger charge is -2.23. The molecular weight excluding hydrogens is 267 g/mol. The topological polar surface area (TPSA) is 46.3 Å². The molecule has 1 aliphatic rings. The van der Waals surface area contributed by atoms with E-state index in [0.29, 0.717) is 31.5 Å². The summed E-state index contributed by atoms with van der Waals surface area (Å²) in [6.45, 7) is 3.41. The molecule has 1 unspecified atom stereocenters. The monoisotopic (exact) mass is 292 g/mol. The van der Waals surface area contributed by atoms with Gasteiger partial charge >= 0.3 is 0 Å². The number of nitrogens with zero attached hydrogens (tertiary/aromatic N) is 1. The quantitative estimate of drug-likeness (QED) is 0.800. The highest BCUT2D eigenvalue weighted by atomic mass is 19.1. The van der Waals surface area contributed by atoms with E-state index in [2.05, 4.69) is 6.92 Å². The Labute approximate surface area is 126 Å². The molecule has 0 heterocycles. The summed E-state index contributed by atoms with van der Waals surface area (Å²) in [6.07, 6.45) is 4.62. The number of carbonyl (C=O) groups excluding carboxylic acids is 1. The Morgan fingerprint density at radius 3 is 2.57 bits per heavy atom. The van der Waals surface area contributed by atoms with Gasteiger partial charge in [0.25, 0.3) is 0 Å². The molecule has 1 fully saturated rings. The molecule has 0 aromatic heterocycles. The molecule has 116 valence electrons. The third-order valence-electron chi connectivity index (χ3n) is 4.08. The summed E-state index contributed by atoms with van der Waals surface area (Å²) in [6, 6.07) is 6.80. The van der Waals surface area contributed by atoms with Crippen molar-refractivity contribution in [2.75, 3.05) is 6.54 Å². The Balaban J connectivity index is 1.89. The molecule has 0 bridgehead atoms. The van der Waals surface area contributed by atoms with Crippen LogP contribution >= 0.6 is 0 Å². The molecule has 1 amide bonds. The summed E-state index contributed by atoms with van der Waals surface area (Å²) in [7, 11) is 0. The van der Waals surface area contributed by atoms with E-state index >= 15 is 0 Å². The molecule has 1 aromatic rings. The molecule has 0 radical (unpaired) electrons. The number of halogens is 1. The average molecular weight is 292 g/mol. The van der Waals surface area contributed by atoms with Crippen molar-refractivity contribution in [3.8, 4) is 0 Å². The van der Waals surface area contributed by atoms with E-state index in [-0.39, 0.29) is 11.7 Å². The second-order valence-corrected chi connectivity index (χ2v) is 6.10. The molecule has 1 saturated carbocycles. The van der Waals surface area contributed by atoms with E-state index in [0.717, 1.165) is 31.2 Å². The van der Waals surface area contributed by atoms with Gasteiger partial charge in [-0.1, -0.05) is 19.1 Å². The fourth-order valence-corrected chi connectivity index (χ4v) is 2.54. The molecule has 2 rings (SSSR count). The third-order valence-corrected chi connectivity index (χ3v) is 4.08. The largest absolute Gasteiger partial charge is 0.335 e. The van der Waals surface area contributed by atoms with Crippen molar-refractivity contribution in [3.05, 3.63) is 35.6 Å². The van der Waals surface area contributed by atoms with Gasteiger partial charge in [0, 0.05) is 19.0 Å². The molecule has 1 aliphatic carbocycles. The van der Waals surface area contributed by atoms with Crippen LogP contribution in [-0.4, -0.2) is 23.4 Å². The van der Waals surface area contributed by atoms with Crippen LogP contribution in [0.5, 0.6) is 0 Å². The van der Waals surface area contributed by atoms with Crippen LogP contribution in [0.15, 0.2) is 24.3 Å². The molecule has 1 aromatic carbocycles. The summed E-state index contributed by atoms with van der Waals surface area (Å²) in [5.41, 5.74) is 6.53. The van der Waals surface area contributed by atoms with E-state index in [1.807, 2.05) is 4.90 Å². The maximum absolute atomic E-state index is 12.9. The molecule has 0 saturated heterocycles. The van der Waals surface area contributed by atoms with Gasteiger partial charge in [0.05, 0.1) is 0 Å². The van der Waals surface area contributed by atoms with Gasteiger partial charge in [0.2, 0.25) is 5.91 Å². The Hall–Kier alpha value is -1.42. The maximum atomic E-state index is 12.9. The van der Waals surface area contributed by atoms with Crippen LogP contribution in [0.4, 0.5) is 4.39 Å². The Bertz CT molecular complexity index is 456. The first-order valence-electron chi connectivity index (χ1n) is 7.84. The van der Waals surface area contributed by atoms with E-state index in [9.17, 15) is 9.18 Å². The van der Waals surface area contributed by atoms with Crippen molar-refractivity contribution in [3.63, 3.8) is 0 Å². The number of amides is 1. The first-order chi connectivity index (χ1) is 10.1. The third kappa shape index (κ3) is 5.12. The number of benzene rings is 1. The normalized spacial score (nSPS) is 15.8. The molecule has 4 heteroatoms. The van der Waals surface area contributed by atoms with Gasteiger partial charge in [-0.2, -0.15) is 0 Å². The minimum Gasteiger partial charge on any atom is -0.335 e. The lowest BCUT2D eigenvalue weighted by molar-refractivity contribution is -0.132. The van der Waals surface area contributed by atoms with Gasteiger partial charge in [0.15, 0.2) is 0 Å². The zero-order valence-electron chi connectivity index (χ0n) is 12.7. The van der Waals surface area contributed by atoms with Crippen LogP contribution in [-0.2, 0) is 11.3 Å². The fourth-order valence-electron chi connectivity index (χ4n) is 2.54. The number of carbonyl (C=O) groups is 1. The van der Waals surface area contributed by atoms with E-state index < -0.39 is 0 Å². The Kier molecular flexibility index (Phi) is 5.74. The first kappa shape index (κ1) is 16.0. The molecule has 3 nitrogen and oxygen atoms in total. The summed E-state index contributed by atoms with van der Waals surface area (Å²) in [5.74, 6) is 0.468. The molecule has 0 spiro atoms. The Morgan fingerprint density at radius 1 is 1.33 bits per heavy atom. The molecule has 1 atom stereocenters. The fraction of sp³-hybridized carbons (Fsp3) is 0.588. The minimum atomic E-state index is -0.237. The maximum Gasteiger partial charge on any atom is 0.223 e. The van der Waals surface area contributed by atoms with Crippen LogP contribution in [0, 0.1) is 11.7 Å². The molecular formula is C17H25FN2O. The average Bonchev–Trinajstić information content (AvgIpc) is 3.29. The lowest BCUT2D eigenvalue weighted by atomic mass is 10.0.